The molecule has 0 unspecified atom stereocenters. The van der Waals surface area contributed by atoms with Gasteiger partial charge in [0.05, 0.1) is 4.92 Å². The highest BCUT2D eigenvalue weighted by Crippen LogP contribution is 2.21. The smallest absolute Gasteiger partial charge is 0.271 e. The van der Waals surface area contributed by atoms with E-state index >= 15 is 0 Å². The predicted octanol–water partition coefficient (Wildman–Crippen LogP) is 0.750. The van der Waals surface area contributed by atoms with Crippen molar-refractivity contribution < 1.29 is 4.92 Å². The molecule has 3 N–H and O–H groups in total. The first-order valence-corrected chi connectivity index (χ1v) is 6.05. The van der Waals surface area contributed by atoms with Gasteiger partial charge in [-0.25, -0.2) is 0 Å². The summed E-state index contributed by atoms with van der Waals surface area (Å²) in [6.07, 6.45) is 0. The van der Waals surface area contributed by atoms with Crippen LogP contribution >= 0.6 is 0 Å². The summed E-state index contributed by atoms with van der Waals surface area (Å²) in [7, 11) is 2.04. The van der Waals surface area contributed by atoms with E-state index in [2.05, 4.69) is 4.90 Å². The summed E-state index contributed by atoms with van der Waals surface area (Å²) >= 11 is 0. The zero-order valence-electron chi connectivity index (χ0n) is 10.8. The van der Waals surface area contributed by atoms with Crippen molar-refractivity contribution in [2.45, 2.75) is 0 Å². The molecule has 0 amide bonds. The van der Waals surface area contributed by atoms with Crippen LogP contribution in [0, 0.1) is 15.5 Å². The highest BCUT2D eigenvalue weighted by atomic mass is 16.6. The first-order chi connectivity index (χ1) is 8.99. The fourth-order valence-corrected chi connectivity index (χ4v) is 2.08. The molecule has 0 atom stereocenters. The Morgan fingerprint density at radius 1 is 1.37 bits per heavy atom. The summed E-state index contributed by atoms with van der Waals surface area (Å²) < 4.78 is 0. The van der Waals surface area contributed by atoms with Gasteiger partial charge in [0.1, 0.15) is 5.84 Å². The van der Waals surface area contributed by atoms with E-state index < -0.39 is 4.92 Å². The van der Waals surface area contributed by atoms with Crippen molar-refractivity contribution in [3.63, 3.8) is 0 Å². The second kappa shape index (κ2) is 5.23. The number of amidine groups is 1. The number of likely N-dealkylation sites (N-methyl/N-ethyl adjacent to an activating group) is 1. The average Bonchev–Trinajstić information content (AvgIpc) is 2.38. The van der Waals surface area contributed by atoms with Gasteiger partial charge in [-0.3, -0.25) is 15.5 Å². The summed E-state index contributed by atoms with van der Waals surface area (Å²) in [5.74, 6) is 0.334. The molecule has 1 aliphatic heterocycles. The Balaban J connectivity index is 2.17. The Morgan fingerprint density at radius 2 is 2.00 bits per heavy atom. The predicted molar refractivity (Wildman–Crippen MR) is 73.4 cm³/mol. The number of piperazine rings is 1. The fourth-order valence-electron chi connectivity index (χ4n) is 2.08. The molecule has 0 radical (unpaired) electrons. The van der Waals surface area contributed by atoms with E-state index in [1.54, 1.807) is 6.07 Å². The lowest BCUT2D eigenvalue weighted by Gasteiger charge is -2.34. The molecule has 0 saturated carbocycles. The molecular weight excluding hydrogens is 246 g/mol. The molecule has 1 aliphatic rings. The van der Waals surface area contributed by atoms with Gasteiger partial charge in [-0.05, 0) is 13.1 Å². The Labute approximate surface area is 111 Å². The number of hydrogen-bond acceptors (Lipinski definition) is 5. The van der Waals surface area contributed by atoms with Crippen molar-refractivity contribution in [2.24, 2.45) is 0 Å². The van der Waals surface area contributed by atoms with Crippen LogP contribution in [0.1, 0.15) is 5.56 Å². The first-order valence-electron chi connectivity index (χ1n) is 6.05. The van der Waals surface area contributed by atoms with Crippen molar-refractivity contribution in [1.82, 2.24) is 9.80 Å². The van der Waals surface area contributed by atoms with Gasteiger partial charge in [0.2, 0.25) is 0 Å². The molecule has 102 valence electrons. The lowest BCUT2D eigenvalue weighted by atomic mass is 10.1. The van der Waals surface area contributed by atoms with Crippen LogP contribution in [-0.2, 0) is 0 Å². The third kappa shape index (κ3) is 2.82. The number of non-ortho nitro benzene ring substituents is 1. The molecule has 1 fully saturated rings. The first kappa shape index (κ1) is 13.3. The minimum Gasteiger partial charge on any atom is -0.398 e. The van der Waals surface area contributed by atoms with Crippen LogP contribution in [0.4, 0.5) is 11.4 Å². The van der Waals surface area contributed by atoms with Crippen molar-refractivity contribution in [1.29, 1.82) is 5.41 Å². The van der Waals surface area contributed by atoms with Gasteiger partial charge < -0.3 is 15.5 Å². The average molecular weight is 263 g/mol. The monoisotopic (exact) mass is 263 g/mol. The second-order valence-corrected chi connectivity index (χ2v) is 4.67. The van der Waals surface area contributed by atoms with Crippen LogP contribution in [0.5, 0.6) is 0 Å². The van der Waals surface area contributed by atoms with Crippen LogP contribution in [0.15, 0.2) is 18.2 Å². The maximum Gasteiger partial charge on any atom is 0.271 e. The maximum absolute atomic E-state index is 10.7. The molecule has 0 aliphatic carbocycles. The van der Waals surface area contributed by atoms with Crippen LogP contribution in [0.25, 0.3) is 0 Å². The number of nitro groups is 1. The molecule has 19 heavy (non-hydrogen) atoms. The van der Waals surface area contributed by atoms with E-state index in [9.17, 15) is 10.1 Å². The van der Waals surface area contributed by atoms with E-state index in [0.717, 1.165) is 26.2 Å². The van der Waals surface area contributed by atoms with Gasteiger partial charge in [-0.1, -0.05) is 0 Å². The lowest BCUT2D eigenvalue weighted by Crippen LogP contribution is -2.47. The number of hydrogen-bond donors (Lipinski definition) is 2. The largest absolute Gasteiger partial charge is 0.398 e. The zero-order chi connectivity index (χ0) is 14.0. The molecule has 1 aromatic carbocycles. The van der Waals surface area contributed by atoms with Gasteiger partial charge in [0.25, 0.3) is 5.69 Å². The summed E-state index contributed by atoms with van der Waals surface area (Å²) in [5, 5.41) is 18.8. The fraction of sp³-hybridized carbons (Fsp3) is 0.417. The molecule has 1 heterocycles. The van der Waals surface area contributed by atoms with E-state index in [-0.39, 0.29) is 11.4 Å². The third-order valence-electron chi connectivity index (χ3n) is 3.32. The number of nitrogen functional groups attached to an aromatic ring is 1. The van der Waals surface area contributed by atoms with Crippen LogP contribution in [-0.4, -0.2) is 53.8 Å². The highest BCUT2D eigenvalue weighted by molar-refractivity contribution is 6.01. The molecule has 0 aromatic heterocycles. The topological polar surface area (TPSA) is 99.5 Å². The number of nitro benzene ring substituents is 1. The summed E-state index contributed by atoms with van der Waals surface area (Å²) in [5.41, 5.74) is 6.59. The summed E-state index contributed by atoms with van der Waals surface area (Å²) in [4.78, 5) is 14.3. The SMILES string of the molecule is CN1CCN(C(=N)c2ccc([N+](=O)[O-])cc2N)CC1. The van der Waals surface area contributed by atoms with Crippen molar-refractivity contribution in [3.8, 4) is 0 Å². The summed E-state index contributed by atoms with van der Waals surface area (Å²) in [6, 6.07) is 4.24. The van der Waals surface area contributed by atoms with Gasteiger partial charge in [-0.15, -0.1) is 0 Å². The number of rotatable bonds is 2. The quantitative estimate of drug-likeness (QED) is 0.270. The molecule has 0 bridgehead atoms. The number of anilines is 1. The molecule has 7 heteroatoms. The van der Waals surface area contributed by atoms with Crippen LogP contribution < -0.4 is 5.73 Å². The van der Waals surface area contributed by atoms with Gasteiger partial charge in [0, 0.05) is 49.6 Å². The Morgan fingerprint density at radius 3 is 2.53 bits per heavy atom. The molecule has 1 saturated heterocycles. The van der Waals surface area contributed by atoms with Gasteiger partial charge in [-0.2, -0.15) is 0 Å². The number of nitrogens with zero attached hydrogens (tertiary/aromatic N) is 3. The molecule has 1 aromatic rings. The van der Waals surface area contributed by atoms with Crippen molar-refractivity contribution in [2.75, 3.05) is 39.0 Å². The Bertz CT molecular complexity index is 509. The maximum atomic E-state index is 10.7. The standard InChI is InChI=1S/C12H17N5O2/c1-15-4-6-16(7-5-15)12(14)10-3-2-9(17(18)19)8-11(10)13/h2-3,8,14H,4-7,13H2,1H3. The van der Waals surface area contributed by atoms with Crippen molar-refractivity contribution >= 4 is 17.2 Å². The third-order valence-corrected chi connectivity index (χ3v) is 3.32. The number of nitrogens with one attached hydrogen (secondary N) is 1. The second-order valence-electron chi connectivity index (χ2n) is 4.67. The van der Waals surface area contributed by atoms with E-state index in [4.69, 9.17) is 11.1 Å². The Hall–Kier alpha value is -2.15. The van der Waals surface area contributed by atoms with Gasteiger partial charge >= 0.3 is 0 Å². The molecule has 0 spiro atoms. The van der Waals surface area contributed by atoms with E-state index in [0.29, 0.717) is 11.4 Å². The van der Waals surface area contributed by atoms with E-state index in [1.165, 1.54) is 12.1 Å². The minimum atomic E-state index is -0.486. The molecular formula is C12H17N5O2. The minimum absolute atomic E-state index is 0.0487. The highest BCUT2D eigenvalue weighted by Gasteiger charge is 2.20. The normalized spacial score (nSPS) is 16.4. The Kier molecular flexibility index (Phi) is 3.66. The molecule has 7 nitrogen and oxygen atoms in total. The van der Waals surface area contributed by atoms with E-state index in [1.807, 2.05) is 11.9 Å². The lowest BCUT2D eigenvalue weighted by molar-refractivity contribution is -0.384. The summed E-state index contributed by atoms with van der Waals surface area (Å²) in [6.45, 7) is 3.34. The molecule has 2 rings (SSSR count). The number of benzene rings is 1. The van der Waals surface area contributed by atoms with Gasteiger partial charge in [0.15, 0.2) is 0 Å². The van der Waals surface area contributed by atoms with Crippen molar-refractivity contribution in [3.05, 3.63) is 33.9 Å². The zero-order valence-corrected chi connectivity index (χ0v) is 10.8. The van der Waals surface area contributed by atoms with Crippen LogP contribution in [0.3, 0.4) is 0 Å². The number of nitrogens with two attached hydrogens (primary N) is 1. The van der Waals surface area contributed by atoms with Crippen LogP contribution in [0.2, 0.25) is 0 Å².